The van der Waals surface area contributed by atoms with Crippen molar-refractivity contribution in [2.24, 2.45) is 0 Å². The van der Waals surface area contributed by atoms with E-state index in [1.807, 2.05) is 32.0 Å². The molecule has 0 saturated carbocycles. The number of hydrogen-bond donors (Lipinski definition) is 1. The van der Waals surface area contributed by atoms with Gasteiger partial charge in [0.15, 0.2) is 0 Å². The van der Waals surface area contributed by atoms with Gasteiger partial charge in [-0.1, -0.05) is 37.3 Å². The summed E-state index contributed by atoms with van der Waals surface area (Å²) in [6, 6.07) is 14.7. The molecule has 0 unspecified atom stereocenters. The molecule has 0 aliphatic rings. The van der Waals surface area contributed by atoms with E-state index in [0.717, 1.165) is 17.5 Å². The van der Waals surface area contributed by atoms with Crippen molar-refractivity contribution in [2.75, 3.05) is 0 Å². The van der Waals surface area contributed by atoms with E-state index in [2.05, 4.69) is 43.4 Å². The number of nitrogens with one attached hydrogen (secondary N) is 1. The number of hydrogen-bond acceptors (Lipinski definition) is 1. The molecular weight excluding hydrogens is 258 g/mol. The first kappa shape index (κ1) is 15.3. The third-order valence-corrected chi connectivity index (χ3v) is 3.58. The van der Waals surface area contributed by atoms with Gasteiger partial charge in [0.25, 0.3) is 5.91 Å². The predicted octanol–water partition coefficient (Wildman–Crippen LogP) is 4.36. The van der Waals surface area contributed by atoms with E-state index < -0.39 is 0 Å². The van der Waals surface area contributed by atoms with Crippen LogP contribution in [0, 0.1) is 6.92 Å². The topological polar surface area (TPSA) is 29.1 Å². The van der Waals surface area contributed by atoms with Gasteiger partial charge in [-0.3, -0.25) is 4.79 Å². The second-order valence-corrected chi connectivity index (χ2v) is 5.71. The number of amides is 1. The average Bonchev–Trinajstić information content (AvgIpc) is 2.46. The van der Waals surface area contributed by atoms with Crippen LogP contribution in [0.25, 0.3) is 11.1 Å². The lowest BCUT2D eigenvalue weighted by molar-refractivity contribution is 0.0943. The number of rotatable bonds is 4. The first-order valence-electron chi connectivity index (χ1n) is 7.52. The van der Waals surface area contributed by atoms with Crippen LogP contribution in [-0.4, -0.2) is 11.9 Å². The molecule has 21 heavy (non-hydrogen) atoms. The van der Waals surface area contributed by atoms with E-state index in [1.165, 1.54) is 16.7 Å². The predicted molar refractivity (Wildman–Crippen MR) is 88.6 cm³/mol. The highest BCUT2D eigenvalue weighted by Gasteiger charge is 2.09. The first-order chi connectivity index (χ1) is 10.0. The minimum absolute atomic E-state index is 0.0130. The molecule has 2 aromatic carbocycles. The van der Waals surface area contributed by atoms with Gasteiger partial charge in [0.1, 0.15) is 0 Å². The van der Waals surface area contributed by atoms with Gasteiger partial charge in [-0.25, -0.2) is 0 Å². The Bertz CT molecular complexity index is 627. The van der Waals surface area contributed by atoms with Gasteiger partial charge >= 0.3 is 0 Å². The maximum atomic E-state index is 12.0. The minimum Gasteiger partial charge on any atom is -0.350 e. The lowest BCUT2D eigenvalue weighted by Gasteiger charge is -2.11. The molecular formula is C19H23NO. The molecule has 2 rings (SSSR count). The van der Waals surface area contributed by atoms with Crippen molar-refractivity contribution < 1.29 is 4.79 Å². The molecule has 0 fully saturated rings. The summed E-state index contributed by atoms with van der Waals surface area (Å²) >= 11 is 0. The van der Waals surface area contributed by atoms with Gasteiger partial charge in [-0.15, -0.1) is 0 Å². The Kier molecular flexibility index (Phi) is 4.79. The van der Waals surface area contributed by atoms with Crippen LogP contribution in [0.1, 0.15) is 42.3 Å². The van der Waals surface area contributed by atoms with Gasteiger partial charge in [0.2, 0.25) is 0 Å². The number of aryl methyl sites for hydroxylation is 2. The average molecular weight is 281 g/mol. The van der Waals surface area contributed by atoms with Crippen molar-refractivity contribution in [3.63, 3.8) is 0 Å². The maximum Gasteiger partial charge on any atom is 0.251 e. The summed E-state index contributed by atoms with van der Waals surface area (Å²) in [6.45, 7) is 8.14. The van der Waals surface area contributed by atoms with Crippen molar-refractivity contribution in [3.8, 4) is 11.1 Å². The van der Waals surface area contributed by atoms with Crippen molar-refractivity contribution in [3.05, 3.63) is 59.2 Å². The number of benzene rings is 2. The molecule has 1 amide bonds. The van der Waals surface area contributed by atoms with Gasteiger partial charge in [0, 0.05) is 11.6 Å². The zero-order valence-corrected chi connectivity index (χ0v) is 13.2. The van der Waals surface area contributed by atoms with E-state index in [0.29, 0.717) is 0 Å². The zero-order chi connectivity index (χ0) is 15.4. The second kappa shape index (κ2) is 6.57. The zero-order valence-electron chi connectivity index (χ0n) is 13.2. The second-order valence-electron chi connectivity index (χ2n) is 5.71. The maximum absolute atomic E-state index is 12.0. The van der Waals surface area contributed by atoms with E-state index in [1.54, 1.807) is 0 Å². The molecule has 0 spiro atoms. The van der Waals surface area contributed by atoms with Crippen molar-refractivity contribution in [1.82, 2.24) is 5.32 Å². The van der Waals surface area contributed by atoms with Crippen LogP contribution in [0.3, 0.4) is 0 Å². The lowest BCUT2D eigenvalue weighted by Crippen LogP contribution is -2.30. The fourth-order valence-corrected chi connectivity index (χ4v) is 2.39. The summed E-state index contributed by atoms with van der Waals surface area (Å²) in [4.78, 5) is 12.0. The number of carbonyl (C=O) groups excluding carboxylic acids is 1. The summed E-state index contributed by atoms with van der Waals surface area (Å²) < 4.78 is 0. The van der Waals surface area contributed by atoms with Crippen LogP contribution >= 0.6 is 0 Å². The molecule has 110 valence electrons. The molecule has 2 aromatic rings. The van der Waals surface area contributed by atoms with Gasteiger partial charge in [0.05, 0.1) is 0 Å². The molecule has 0 aliphatic carbocycles. The Morgan fingerprint density at radius 3 is 2.29 bits per heavy atom. The SMILES string of the molecule is CCc1ccc(-c2ccc(C(=O)NC(C)C)cc2C)cc1. The Labute approximate surface area is 127 Å². The minimum atomic E-state index is -0.0130. The largest absolute Gasteiger partial charge is 0.350 e. The molecule has 1 N–H and O–H groups in total. The fraction of sp³-hybridized carbons (Fsp3) is 0.316. The molecule has 0 aromatic heterocycles. The third-order valence-electron chi connectivity index (χ3n) is 3.58. The summed E-state index contributed by atoms with van der Waals surface area (Å²) in [5.74, 6) is -0.0130. The van der Waals surface area contributed by atoms with Crippen LogP contribution in [0.2, 0.25) is 0 Å². The molecule has 2 nitrogen and oxygen atoms in total. The number of carbonyl (C=O) groups is 1. The van der Waals surface area contributed by atoms with Crippen LogP contribution in [0.15, 0.2) is 42.5 Å². The third kappa shape index (κ3) is 3.72. The summed E-state index contributed by atoms with van der Waals surface area (Å²) in [6.07, 6.45) is 1.05. The Morgan fingerprint density at radius 2 is 1.76 bits per heavy atom. The molecule has 0 bridgehead atoms. The normalized spacial score (nSPS) is 10.7. The smallest absolute Gasteiger partial charge is 0.251 e. The summed E-state index contributed by atoms with van der Waals surface area (Å²) in [5.41, 5.74) is 5.55. The summed E-state index contributed by atoms with van der Waals surface area (Å²) in [5, 5.41) is 2.92. The van der Waals surface area contributed by atoms with Gasteiger partial charge < -0.3 is 5.32 Å². The van der Waals surface area contributed by atoms with Crippen molar-refractivity contribution in [1.29, 1.82) is 0 Å². The highest BCUT2D eigenvalue weighted by atomic mass is 16.1. The van der Waals surface area contributed by atoms with Crippen LogP contribution in [0.4, 0.5) is 0 Å². The van der Waals surface area contributed by atoms with E-state index >= 15 is 0 Å². The molecule has 0 saturated heterocycles. The molecule has 0 radical (unpaired) electrons. The standard InChI is InChI=1S/C19H23NO/c1-5-15-6-8-16(9-7-15)18-11-10-17(12-14(18)4)19(21)20-13(2)3/h6-13H,5H2,1-4H3,(H,20,21). The quantitative estimate of drug-likeness (QED) is 0.886. The highest BCUT2D eigenvalue weighted by molar-refractivity contribution is 5.95. The Morgan fingerprint density at radius 1 is 1.10 bits per heavy atom. The Hall–Kier alpha value is -2.09. The lowest BCUT2D eigenvalue weighted by atomic mass is 9.97. The highest BCUT2D eigenvalue weighted by Crippen LogP contribution is 2.24. The Balaban J connectivity index is 2.28. The van der Waals surface area contributed by atoms with Crippen molar-refractivity contribution >= 4 is 5.91 Å². The van der Waals surface area contributed by atoms with E-state index in [4.69, 9.17) is 0 Å². The van der Waals surface area contributed by atoms with Crippen LogP contribution < -0.4 is 5.32 Å². The molecule has 0 heterocycles. The van der Waals surface area contributed by atoms with E-state index in [-0.39, 0.29) is 11.9 Å². The monoisotopic (exact) mass is 281 g/mol. The molecule has 2 heteroatoms. The van der Waals surface area contributed by atoms with Gasteiger partial charge in [-0.2, -0.15) is 0 Å². The van der Waals surface area contributed by atoms with Crippen molar-refractivity contribution in [2.45, 2.75) is 40.2 Å². The van der Waals surface area contributed by atoms with Crippen LogP contribution in [-0.2, 0) is 6.42 Å². The molecule has 0 atom stereocenters. The van der Waals surface area contributed by atoms with E-state index in [9.17, 15) is 4.79 Å². The van der Waals surface area contributed by atoms with Crippen LogP contribution in [0.5, 0.6) is 0 Å². The first-order valence-corrected chi connectivity index (χ1v) is 7.52. The van der Waals surface area contributed by atoms with Gasteiger partial charge in [-0.05, 0) is 61.6 Å². The molecule has 0 aliphatic heterocycles. The fourth-order valence-electron chi connectivity index (χ4n) is 2.39. The summed E-state index contributed by atoms with van der Waals surface area (Å²) in [7, 11) is 0.